The molecule has 1 N–H and O–H groups in total. The number of rotatable bonds is 3. The number of carbonyl (C=O) groups excluding carboxylic acids is 1. The largest absolute Gasteiger partial charge is 0.316 e. The van der Waals surface area contributed by atoms with Crippen LogP contribution < -0.4 is 5.43 Å². The van der Waals surface area contributed by atoms with Crippen LogP contribution in [0.4, 0.5) is 0 Å². The van der Waals surface area contributed by atoms with Crippen LogP contribution in [0.25, 0.3) is 0 Å². The number of hydrazine groups is 1. The Kier molecular flexibility index (Phi) is 2.72. The van der Waals surface area contributed by atoms with E-state index < -0.39 is 0 Å². The van der Waals surface area contributed by atoms with E-state index in [-0.39, 0.29) is 11.9 Å². The van der Waals surface area contributed by atoms with Gasteiger partial charge in [0, 0.05) is 25.5 Å². The summed E-state index contributed by atoms with van der Waals surface area (Å²) in [6.45, 7) is 3.90. The lowest BCUT2D eigenvalue weighted by molar-refractivity contribution is -0.134. The summed E-state index contributed by atoms with van der Waals surface area (Å²) >= 11 is 0. The van der Waals surface area contributed by atoms with Crippen LogP contribution >= 0.6 is 0 Å². The lowest BCUT2D eigenvalue weighted by atomic mass is 10.1. The van der Waals surface area contributed by atoms with Crippen LogP contribution in [-0.2, 0) is 4.79 Å². The number of unbranched alkanes of at least 4 members (excludes halogenated alkanes) is 1. The summed E-state index contributed by atoms with van der Waals surface area (Å²) in [6, 6.07) is 0.0388. The third-order valence-corrected chi connectivity index (χ3v) is 2.78. The molecular formula is C10H17N3O. The molecule has 1 amide bonds. The predicted octanol–water partition coefficient (Wildman–Crippen LogP) is 0.679. The van der Waals surface area contributed by atoms with Gasteiger partial charge in [-0.3, -0.25) is 4.79 Å². The van der Waals surface area contributed by atoms with Crippen molar-refractivity contribution < 1.29 is 4.79 Å². The van der Waals surface area contributed by atoms with Crippen molar-refractivity contribution in [2.24, 2.45) is 0 Å². The maximum atomic E-state index is 11.9. The van der Waals surface area contributed by atoms with Crippen molar-refractivity contribution in [1.29, 1.82) is 0 Å². The van der Waals surface area contributed by atoms with Gasteiger partial charge in [0.1, 0.15) is 6.04 Å². The van der Waals surface area contributed by atoms with E-state index in [0.29, 0.717) is 0 Å². The Balaban J connectivity index is 2.00. The van der Waals surface area contributed by atoms with Crippen molar-refractivity contribution in [3.8, 4) is 0 Å². The molecule has 0 aliphatic carbocycles. The van der Waals surface area contributed by atoms with Crippen molar-refractivity contribution in [2.75, 3.05) is 13.1 Å². The molecule has 0 aromatic rings. The van der Waals surface area contributed by atoms with E-state index >= 15 is 0 Å². The van der Waals surface area contributed by atoms with Crippen LogP contribution in [0.3, 0.4) is 0 Å². The quantitative estimate of drug-likeness (QED) is 0.719. The Labute approximate surface area is 84.5 Å². The molecule has 4 nitrogen and oxygen atoms in total. The normalized spacial score (nSPS) is 25.8. The second-order valence-electron chi connectivity index (χ2n) is 3.80. The molecule has 78 valence electrons. The first-order valence-corrected chi connectivity index (χ1v) is 5.33. The molecule has 4 heteroatoms. The van der Waals surface area contributed by atoms with E-state index in [9.17, 15) is 4.79 Å². The van der Waals surface area contributed by atoms with E-state index in [1.807, 2.05) is 22.3 Å². The topological polar surface area (TPSA) is 35.6 Å². The van der Waals surface area contributed by atoms with Crippen LogP contribution in [0, 0.1) is 0 Å². The second-order valence-corrected chi connectivity index (χ2v) is 3.80. The van der Waals surface area contributed by atoms with Crippen molar-refractivity contribution in [3.05, 3.63) is 12.4 Å². The van der Waals surface area contributed by atoms with Crippen LogP contribution in [-0.4, -0.2) is 34.9 Å². The number of carbonyl (C=O) groups is 1. The lowest BCUT2D eigenvalue weighted by Gasteiger charge is -2.31. The van der Waals surface area contributed by atoms with E-state index in [1.54, 1.807) is 0 Å². The van der Waals surface area contributed by atoms with Gasteiger partial charge >= 0.3 is 0 Å². The molecule has 1 saturated heterocycles. The minimum Gasteiger partial charge on any atom is -0.316 e. The summed E-state index contributed by atoms with van der Waals surface area (Å²) in [7, 11) is 0. The lowest BCUT2D eigenvalue weighted by Crippen LogP contribution is -2.48. The van der Waals surface area contributed by atoms with Gasteiger partial charge in [0.2, 0.25) is 0 Å². The highest BCUT2D eigenvalue weighted by molar-refractivity contribution is 5.84. The fourth-order valence-electron chi connectivity index (χ4n) is 1.91. The van der Waals surface area contributed by atoms with Gasteiger partial charge in [0.15, 0.2) is 0 Å². The van der Waals surface area contributed by atoms with Gasteiger partial charge in [-0.15, -0.1) is 0 Å². The average molecular weight is 195 g/mol. The summed E-state index contributed by atoms with van der Waals surface area (Å²) in [5, 5.41) is 1.92. The van der Waals surface area contributed by atoms with Crippen LogP contribution in [0.2, 0.25) is 0 Å². The fraction of sp³-hybridized carbons (Fsp3) is 0.700. The number of fused-ring (bicyclic) bond motifs is 1. The molecule has 1 atom stereocenters. The molecule has 2 heterocycles. The summed E-state index contributed by atoms with van der Waals surface area (Å²) in [5.74, 6) is 0.242. The van der Waals surface area contributed by atoms with E-state index in [2.05, 4.69) is 12.3 Å². The predicted molar refractivity (Wildman–Crippen MR) is 54.0 cm³/mol. The molecular weight excluding hydrogens is 178 g/mol. The maximum Gasteiger partial charge on any atom is 0.250 e. The first-order chi connectivity index (χ1) is 6.83. The third-order valence-electron chi connectivity index (χ3n) is 2.78. The van der Waals surface area contributed by atoms with Gasteiger partial charge in [-0.25, -0.2) is 5.43 Å². The minimum atomic E-state index is 0.0388. The minimum absolute atomic E-state index is 0.0388. The van der Waals surface area contributed by atoms with E-state index in [0.717, 1.165) is 32.4 Å². The number of amides is 1. The van der Waals surface area contributed by atoms with Gasteiger partial charge in [0.25, 0.3) is 5.91 Å². The Morgan fingerprint density at radius 2 is 2.43 bits per heavy atom. The summed E-state index contributed by atoms with van der Waals surface area (Å²) in [5.41, 5.74) is 3.16. The van der Waals surface area contributed by atoms with Crippen LogP contribution in [0.15, 0.2) is 12.4 Å². The van der Waals surface area contributed by atoms with E-state index in [4.69, 9.17) is 0 Å². The molecule has 0 bridgehead atoms. The first-order valence-electron chi connectivity index (χ1n) is 5.33. The molecule has 14 heavy (non-hydrogen) atoms. The van der Waals surface area contributed by atoms with Crippen molar-refractivity contribution in [2.45, 2.75) is 32.2 Å². The molecule has 0 saturated carbocycles. The average Bonchev–Trinajstić information content (AvgIpc) is 2.66. The molecule has 0 aromatic heterocycles. The zero-order valence-electron chi connectivity index (χ0n) is 8.57. The highest BCUT2D eigenvalue weighted by atomic mass is 16.2. The van der Waals surface area contributed by atoms with Crippen molar-refractivity contribution in [1.82, 2.24) is 15.3 Å². The zero-order chi connectivity index (χ0) is 9.97. The van der Waals surface area contributed by atoms with Gasteiger partial charge in [0.05, 0.1) is 0 Å². The Hall–Kier alpha value is -1.03. The fourth-order valence-corrected chi connectivity index (χ4v) is 1.91. The monoisotopic (exact) mass is 195 g/mol. The standard InChI is InChI=1S/C10H17N3O/c1-2-3-6-12-7-8-13-9(10(12)14)4-5-11-13/h7-9,11H,2-6H2,1H3. The van der Waals surface area contributed by atoms with Gasteiger partial charge in [-0.05, 0) is 12.8 Å². The van der Waals surface area contributed by atoms with Crippen LogP contribution in [0.5, 0.6) is 0 Å². The number of hydrogen-bond acceptors (Lipinski definition) is 3. The zero-order valence-corrected chi connectivity index (χ0v) is 8.57. The smallest absolute Gasteiger partial charge is 0.250 e. The van der Waals surface area contributed by atoms with E-state index in [1.165, 1.54) is 0 Å². The highest BCUT2D eigenvalue weighted by Gasteiger charge is 2.34. The molecule has 2 aliphatic heterocycles. The summed E-state index contributed by atoms with van der Waals surface area (Å²) < 4.78 is 0. The molecule has 0 aromatic carbocycles. The highest BCUT2D eigenvalue weighted by Crippen LogP contribution is 2.17. The molecule has 2 rings (SSSR count). The van der Waals surface area contributed by atoms with Gasteiger partial charge in [-0.1, -0.05) is 13.3 Å². The maximum absolute atomic E-state index is 11.9. The Bertz CT molecular complexity index is 252. The molecule has 2 aliphatic rings. The molecule has 0 radical (unpaired) electrons. The second kappa shape index (κ2) is 4.00. The Morgan fingerprint density at radius 1 is 1.57 bits per heavy atom. The summed E-state index contributed by atoms with van der Waals surface area (Å²) in [4.78, 5) is 13.8. The van der Waals surface area contributed by atoms with Gasteiger partial charge in [-0.2, -0.15) is 0 Å². The first kappa shape index (κ1) is 9.52. The van der Waals surface area contributed by atoms with Crippen LogP contribution in [0.1, 0.15) is 26.2 Å². The molecule has 1 unspecified atom stereocenters. The number of nitrogens with one attached hydrogen (secondary N) is 1. The SMILES string of the molecule is CCCCN1C=CN2NCCC2C1=O. The molecule has 1 fully saturated rings. The van der Waals surface area contributed by atoms with Crippen molar-refractivity contribution in [3.63, 3.8) is 0 Å². The van der Waals surface area contributed by atoms with Crippen molar-refractivity contribution >= 4 is 5.91 Å². The van der Waals surface area contributed by atoms with Gasteiger partial charge < -0.3 is 9.91 Å². The molecule has 0 spiro atoms. The number of hydrogen-bond donors (Lipinski definition) is 1. The third kappa shape index (κ3) is 1.62. The Morgan fingerprint density at radius 3 is 3.21 bits per heavy atom. The number of nitrogens with zero attached hydrogens (tertiary/aromatic N) is 2. The summed E-state index contributed by atoms with van der Waals surface area (Å²) in [6.07, 6.45) is 6.98.